The summed E-state index contributed by atoms with van der Waals surface area (Å²) >= 11 is 0. The van der Waals surface area contributed by atoms with Gasteiger partial charge in [0, 0.05) is 19.1 Å². The SMILES string of the molecule is CCOC(=O)N1CCC(NC(=O)NC(C)c2ccccc2)CC1. The zero-order chi connectivity index (χ0) is 16.7. The van der Waals surface area contributed by atoms with Crippen LogP contribution in [0.3, 0.4) is 0 Å². The Labute approximate surface area is 137 Å². The molecule has 1 aromatic rings. The van der Waals surface area contributed by atoms with Gasteiger partial charge in [0.05, 0.1) is 12.6 Å². The Kier molecular flexibility index (Phi) is 6.26. The number of hydrogen-bond acceptors (Lipinski definition) is 3. The highest BCUT2D eigenvalue weighted by molar-refractivity contribution is 5.74. The second kappa shape index (κ2) is 8.41. The highest BCUT2D eigenvalue weighted by Crippen LogP contribution is 2.13. The van der Waals surface area contributed by atoms with Crippen LogP contribution in [0.4, 0.5) is 9.59 Å². The average molecular weight is 319 g/mol. The molecule has 126 valence electrons. The zero-order valence-corrected chi connectivity index (χ0v) is 13.7. The molecule has 2 N–H and O–H groups in total. The number of piperidine rings is 1. The number of carbonyl (C=O) groups is 2. The number of benzene rings is 1. The Balaban J connectivity index is 1.73. The lowest BCUT2D eigenvalue weighted by molar-refractivity contribution is 0.0957. The maximum Gasteiger partial charge on any atom is 0.409 e. The van der Waals surface area contributed by atoms with Crippen LogP contribution in [-0.4, -0.2) is 42.8 Å². The summed E-state index contributed by atoms with van der Waals surface area (Å²) in [6.07, 6.45) is 1.21. The van der Waals surface area contributed by atoms with Crippen molar-refractivity contribution >= 4 is 12.1 Å². The van der Waals surface area contributed by atoms with Crippen molar-refractivity contribution in [3.8, 4) is 0 Å². The van der Waals surface area contributed by atoms with Gasteiger partial charge in [-0.3, -0.25) is 0 Å². The standard InChI is InChI=1S/C17H25N3O3/c1-3-23-17(22)20-11-9-15(10-12-20)19-16(21)18-13(2)14-7-5-4-6-8-14/h4-8,13,15H,3,9-12H2,1-2H3,(H2,18,19,21). The Hall–Kier alpha value is -2.24. The van der Waals surface area contributed by atoms with Gasteiger partial charge in [0.15, 0.2) is 0 Å². The highest BCUT2D eigenvalue weighted by Gasteiger charge is 2.24. The molecule has 1 unspecified atom stereocenters. The smallest absolute Gasteiger partial charge is 0.409 e. The van der Waals surface area contributed by atoms with E-state index in [1.165, 1.54) is 0 Å². The number of nitrogens with one attached hydrogen (secondary N) is 2. The third-order valence-corrected chi connectivity index (χ3v) is 4.00. The summed E-state index contributed by atoms with van der Waals surface area (Å²) in [5, 5.41) is 5.92. The molecule has 2 rings (SSSR count). The third kappa shape index (κ3) is 5.16. The fourth-order valence-electron chi connectivity index (χ4n) is 2.67. The molecule has 0 bridgehead atoms. The highest BCUT2D eigenvalue weighted by atomic mass is 16.6. The predicted octanol–water partition coefficient (Wildman–Crippen LogP) is 2.67. The number of nitrogens with zero attached hydrogens (tertiary/aromatic N) is 1. The minimum atomic E-state index is -0.270. The van der Waals surface area contributed by atoms with Crippen molar-refractivity contribution in [2.24, 2.45) is 0 Å². The molecule has 1 atom stereocenters. The van der Waals surface area contributed by atoms with Gasteiger partial charge in [0.2, 0.25) is 0 Å². The van der Waals surface area contributed by atoms with E-state index in [1.54, 1.807) is 11.8 Å². The molecule has 1 saturated heterocycles. The second-order valence-electron chi connectivity index (χ2n) is 5.71. The van der Waals surface area contributed by atoms with Crippen LogP contribution >= 0.6 is 0 Å². The minimum absolute atomic E-state index is 0.0455. The van der Waals surface area contributed by atoms with Crippen LogP contribution in [0.5, 0.6) is 0 Å². The number of hydrogen-bond donors (Lipinski definition) is 2. The van der Waals surface area contributed by atoms with Crippen molar-refractivity contribution in [1.29, 1.82) is 0 Å². The van der Waals surface area contributed by atoms with Crippen molar-refractivity contribution in [3.05, 3.63) is 35.9 Å². The van der Waals surface area contributed by atoms with Gasteiger partial charge in [-0.1, -0.05) is 30.3 Å². The molecule has 6 nitrogen and oxygen atoms in total. The maximum atomic E-state index is 12.1. The summed E-state index contributed by atoms with van der Waals surface area (Å²) in [4.78, 5) is 25.4. The van der Waals surface area contributed by atoms with Crippen molar-refractivity contribution in [1.82, 2.24) is 15.5 Å². The summed E-state index contributed by atoms with van der Waals surface area (Å²) in [5.74, 6) is 0. The van der Waals surface area contributed by atoms with Crippen LogP contribution in [0.2, 0.25) is 0 Å². The first-order valence-electron chi connectivity index (χ1n) is 8.13. The lowest BCUT2D eigenvalue weighted by Gasteiger charge is -2.31. The molecule has 0 spiro atoms. The molecule has 0 radical (unpaired) electrons. The molecule has 1 fully saturated rings. The Morgan fingerprint density at radius 1 is 1.26 bits per heavy atom. The topological polar surface area (TPSA) is 70.7 Å². The summed E-state index contributed by atoms with van der Waals surface area (Å²) < 4.78 is 4.99. The summed E-state index contributed by atoms with van der Waals surface area (Å²) in [6, 6.07) is 9.71. The van der Waals surface area contributed by atoms with Crippen LogP contribution in [0.25, 0.3) is 0 Å². The Morgan fingerprint density at radius 2 is 1.91 bits per heavy atom. The molecule has 1 aliphatic heterocycles. The van der Waals surface area contributed by atoms with Crippen LogP contribution in [0.15, 0.2) is 30.3 Å². The molecular weight excluding hydrogens is 294 g/mol. The lowest BCUT2D eigenvalue weighted by Crippen LogP contribution is -2.49. The van der Waals surface area contributed by atoms with Gasteiger partial charge < -0.3 is 20.3 Å². The normalized spacial score (nSPS) is 16.5. The fraction of sp³-hybridized carbons (Fsp3) is 0.529. The van der Waals surface area contributed by atoms with Gasteiger partial charge in [-0.2, -0.15) is 0 Å². The van der Waals surface area contributed by atoms with E-state index < -0.39 is 0 Å². The first-order valence-corrected chi connectivity index (χ1v) is 8.13. The van der Waals surface area contributed by atoms with E-state index in [2.05, 4.69) is 10.6 Å². The quantitative estimate of drug-likeness (QED) is 0.896. The second-order valence-corrected chi connectivity index (χ2v) is 5.71. The van der Waals surface area contributed by atoms with Gasteiger partial charge in [0.25, 0.3) is 0 Å². The van der Waals surface area contributed by atoms with Gasteiger partial charge >= 0.3 is 12.1 Å². The van der Waals surface area contributed by atoms with Gasteiger partial charge in [-0.25, -0.2) is 9.59 Å². The zero-order valence-electron chi connectivity index (χ0n) is 13.7. The van der Waals surface area contributed by atoms with Crippen LogP contribution in [0.1, 0.15) is 38.3 Å². The molecule has 3 amide bonds. The molecule has 6 heteroatoms. The van der Waals surface area contributed by atoms with Crippen molar-refractivity contribution in [2.45, 2.75) is 38.8 Å². The van der Waals surface area contributed by atoms with E-state index in [0.29, 0.717) is 19.7 Å². The van der Waals surface area contributed by atoms with E-state index in [9.17, 15) is 9.59 Å². The first kappa shape index (κ1) is 17.1. The van der Waals surface area contributed by atoms with Gasteiger partial charge in [0.1, 0.15) is 0 Å². The Morgan fingerprint density at radius 3 is 2.52 bits per heavy atom. The molecule has 1 aromatic carbocycles. The minimum Gasteiger partial charge on any atom is -0.450 e. The Bertz CT molecular complexity index is 513. The molecule has 1 heterocycles. The van der Waals surface area contributed by atoms with E-state index in [0.717, 1.165) is 18.4 Å². The number of likely N-dealkylation sites (tertiary alicyclic amines) is 1. The molecule has 23 heavy (non-hydrogen) atoms. The third-order valence-electron chi connectivity index (χ3n) is 4.00. The number of ether oxygens (including phenoxy) is 1. The number of amides is 3. The monoisotopic (exact) mass is 319 g/mol. The largest absolute Gasteiger partial charge is 0.450 e. The summed E-state index contributed by atoms with van der Waals surface area (Å²) in [6.45, 7) is 5.36. The lowest BCUT2D eigenvalue weighted by atomic mass is 10.1. The van der Waals surface area contributed by atoms with Gasteiger partial charge in [-0.15, -0.1) is 0 Å². The molecule has 0 saturated carbocycles. The first-order chi connectivity index (χ1) is 11.1. The summed E-state index contributed by atoms with van der Waals surface area (Å²) in [5.41, 5.74) is 1.07. The summed E-state index contributed by atoms with van der Waals surface area (Å²) in [7, 11) is 0. The predicted molar refractivity (Wildman–Crippen MR) is 88.1 cm³/mol. The van der Waals surface area contributed by atoms with E-state index in [4.69, 9.17) is 4.74 Å². The molecule has 0 aromatic heterocycles. The number of carbonyl (C=O) groups excluding carboxylic acids is 2. The number of urea groups is 1. The van der Waals surface area contributed by atoms with E-state index >= 15 is 0 Å². The van der Waals surface area contributed by atoms with E-state index in [-0.39, 0.29) is 24.2 Å². The van der Waals surface area contributed by atoms with Gasteiger partial charge in [-0.05, 0) is 32.3 Å². The van der Waals surface area contributed by atoms with Crippen LogP contribution < -0.4 is 10.6 Å². The van der Waals surface area contributed by atoms with Crippen molar-refractivity contribution in [2.75, 3.05) is 19.7 Å². The van der Waals surface area contributed by atoms with Crippen LogP contribution in [-0.2, 0) is 4.74 Å². The van der Waals surface area contributed by atoms with Crippen LogP contribution in [0, 0.1) is 0 Å². The fourth-order valence-corrected chi connectivity index (χ4v) is 2.67. The molecule has 0 aliphatic carbocycles. The van der Waals surface area contributed by atoms with Crippen molar-refractivity contribution < 1.29 is 14.3 Å². The average Bonchev–Trinajstić information content (AvgIpc) is 2.56. The number of rotatable bonds is 4. The van der Waals surface area contributed by atoms with E-state index in [1.807, 2.05) is 37.3 Å². The maximum absolute atomic E-state index is 12.1. The molecular formula is C17H25N3O3. The van der Waals surface area contributed by atoms with Crippen molar-refractivity contribution in [3.63, 3.8) is 0 Å². The molecule has 1 aliphatic rings.